The van der Waals surface area contributed by atoms with Gasteiger partial charge in [0.05, 0.1) is 19.8 Å². The number of carbonyl (C=O) groups excluding carboxylic acids is 2. The van der Waals surface area contributed by atoms with Gasteiger partial charge >= 0.3 is 11.9 Å². The van der Waals surface area contributed by atoms with Gasteiger partial charge in [-0.2, -0.15) is 0 Å². The highest BCUT2D eigenvalue weighted by Gasteiger charge is 2.25. The third-order valence-electron chi connectivity index (χ3n) is 4.03. The lowest BCUT2D eigenvalue weighted by molar-refractivity contribution is -0.145. The number of rotatable bonds is 10. The minimum Gasteiger partial charge on any atom is -0.466 e. The van der Waals surface area contributed by atoms with Crippen molar-refractivity contribution in [2.24, 2.45) is 0 Å². The molecule has 1 aromatic rings. The van der Waals surface area contributed by atoms with Gasteiger partial charge < -0.3 is 9.47 Å². The summed E-state index contributed by atoms with van der Waals surface area (Å²) in [5, 5.41) is 0. The smallest absolute Gasteiger partial charge is 0.320 e. The Labute approximate surface area is 144 Å². The summed E-state index contributed by atoms with van der Waals surface area (Å²) in [6, 6.07) is 10.1. The Kier molecular flexibility index (Phi) is 9.08. The summed E-state index contributed by atoms with van der Waals surface area (Å²) in [5.74, 6) is -0.448. The van der Waals surface area contributed by atoms with Crippen molar-refractivity contribution in [3.8, 4) is 0 Å². The Morgan fingerprint density at radius 1 is 1.00 bits per heavy atom. The van der Waals surface area contributed by atoms with Crippen LogP contribution >= 0.6 is 0 Å². The van der Waals surface area contributed by atoms with Crippen molar-refractivity contribution in [3.63, 3.8) is 0 Å². The number of benzene rings is 1. The minimum absolute atomic E-state index is 0.0489. The zero-order valence-electron chi connectivity index (χ0n) is 15.2. The number of hydrogen-bond donors (Lipinski definition) is 0. The van der Waals surface area contributed by atoms with Crippen molar-refractivity contribution in [3.05, 3.63) is 35.9 Å². The number of esters is 2. The van der Waals surface area contributed by atoms with Crippen LogP contribution in [0.4, 0.5) is 0 Å². The number of nitrogens with zero attached hydrogens (tertiary/aromatic N) is 1. The highest BCUT2D eigenvalue weighted by Crippen LogP contribution is 2.24. The first kappa shape index (κ1) is 20.2. The lowest BCUT2D eigenvalue weighted by Crippen LogP contribution is -2.40. The molecule has 1 aromatic carbocycles. The molecule has 0 amide bonds. The van der Waals surface area contributed by atoms with E-state index in [4.69, 9.17) is 9.47 Å². The van der Waals surface area contributed by atoms with Crippen LogP contribution in [0.25, 0.3) is 0 Å². The monoisotopic (exact) mass is 335 g/mol. The lowest BCUT2D eigenvalue weighted by Gasteiger charge is -2.34. The summed E-state index contributed by atoms with van der Waals surface area (Å²) in [5.41, 5.74) is 1.13. The predicted octanol–water partition coefficient (Wildman–Crippen LogP) is 3.34. The van der Waals surface area contributed by atoms with Crippen LogP contribution in [0.15, 0.2) is 30.3 Å². The first-order valence-electron chi connectivity index (χ1n) is 8.61. The van der Waals surface area contributed by atoms with E-state index in [1.165, 1.54) is 0 Å². The SMILES string of the molecule is CCOC(=O)CCC(C)N(CC(=O)OCC)C(C)c1ccccc1. The molecule has 0 fully saturated rings. The minimum atomic E-state index is -0.247. The highest BCUT2D eigenvalue weighted by molar-refractivity contribution is 5.72. The average molecular weight is 335 g/mol. The molecule has 2 unspecified atom stereocenters. The Morgan fingerprint density at radius 3 is 2.17 bits per heavy atom. The molecule has 0 bridgehead atoms. The molecule has 0 heterocycles. The van der Waals surface area contributed by atoms with Gasteiger partial charge in [0.1, 0.15) is 0 Å². The molecule has 2 atom stereocenters. The van der Waals surface area contributed by atoms with E-state index in [1.54, 1.807) is 13.8 Å². The van der Waals surface area contributed by atoms with Crippen molar-refractivity contribution in [1.82, 2.24) is 4.90 Å². The zero-order valence-corrected chi connectivity index (χ0v) is 15.2. The normalized spacial score (nSPS) is 13.4. The summed E-state index contributed by atoms with van der Waals surface area (Å²) in [4.78, 5) is 25.7. The Morgan fingerprint density at radius 2 is 1.58 bits per heavy atom. The van der Waals surface area contributed by atoms with E-state index >= 15 is 0 Å². The molecule has 0 aromatic heterocycles. The molecule has 1 rings (SSSR count). The third kappa shape index (κ3) is 6.71. The molecule has 24 heavy (non-hydrogen) atoms. The van der Waals surface area contributed by atoms with Crippen LogP contribution in [0.3, 0.4) is 0 Å². The van der Waals surface area contributed by atoms with Gasteiger partial charge in [-0.1, -0.05) is 30.3 Å². The fourth-order valence-electron chi connectivity index (χ4n) is 2.68. The molecule has 0 aliphatic heterocycles. The van der Waals surface area contributed by atoms with Crippen LogP contribution in [0.1, 0.15) is 52.1 Å². The summed E-state index contributed by atoms with van der Waals surface area (Å²) in [6.07, 6.45) is 0.977. The van der Waals surface area contributed by atoms with Gasteiger partial charge in [-0.05, 0) is 39.7 Å². The van der Waals surface area contributed by atoms with Crippen molar-refractivity contribution in [2.45, 2.75) is 52.6 Å². The first-order chi connectivity index (χ1) is 11.5. The van der Waals surface area contributed by atoms with E-state index in [2.05, 4.69) is 11.8 Å². The van der Waals surface area contributed by atoms with E-state index in [0.29, 0.717) is 26.1 Å². The zero-order chi connectivity index (χ0) is 17.9. The van der Waals surface area contributed by atoms with Gasteiger partial charge in [-0.15, -0.1) is 0 Å². The molecular formula is C19H29NO4. The molecule has 0 saturated heterocycles. The Hall–Kier alpha value is -1.88. The van der Waals surface area contributed by atoms with Gasteiger partial charge in [-0.25, -0.2) is 0 Å². The fraction of sp³-hybridized carbons (Fsp3) is 0.579. The summed E-state index contributed by atoms with van der Waals surface area (Å²) in [7, 11) is 0. The summed E-state index contributed by atoms with van der Waals surface area (Å²) < 4.78 is 10.1. The van der Waals surface area contributed by atoms with Gasteiger partial charge in [0.15, 0.2) is 0 Å². The van der Waals surface area contributed by atoms with Crippen molar-refractivity contribution >= 4 is 11.9 Å². The van der Waals surface area contributed by atoms with E-state index in [0.717, 1.165) is 5.56 Å². The molecule has 0 radical (unpaired) electrons. The molecule has 0 saturated carbocycles. The second-order valence-electron chi connectivity index (χ2n) is 5.76. The van der Waals surface area contributed by atoms with Gasteiger partial charge in [0.2, 0.25) is 0 Å². The van der Waals surface area contributed by atoms with Crippen LogP contribution in [-0.4, -0.2) is 42.6 Å². The standard InChI is InChI=1S/C19H29NO4/c1-5-23-18(21)13-12-15(3)20(14-19(22)24-6-2)16(4)17-10-8-7-9-11-17/h7-11,15-16H,5-6,12-14H2,1-4H3. The maximum Gasteiger partial charge on any atom is 0.320 e. The van der Waals surface area contributed by atoms with E-state index in [9.17, 15) is 9.59 Å². The van der Waals surface area contributed by atoms with Gasteiger partial charge in [0, 0.05) is 18.5 Å². The molecule has 0 spiro atoms. The van der Waals surface area contributed by atoms with Crippen molar-refractivity contribution in [1.29, 1.82) is 0 Å². The quantitative estimate of drug-likeness (QED) is 0.614. The number of hydrogen-bond acceptors (Lipinski definition) is 5. The number of ether oxygens (including phenoxy) is 2. The molecule has 5 nitrogen and oxygen atoms in total. The molecule has 0 aliphatic carbocycles. The van der Waals surface area contributed by atoms with Crippen LogP contribution in [-0.2, 0) is 19.1 Å². The Balaban J connectivity index is 2.79. The average Bonchev–Trinajstić information content (AvgIpc) is 2.58. The maximum atomic E-state index is 12.0. The van der Waals surface area contributed by atoms with Gasteiger partial charge in [0.25, 0.3) is 0 Å². The summed E-state index contributed by atoms with van der Waals surface area (Å²) >= 11 is 0. The van der Waals surface area contributed by atoms with Crippen LogP contribution in [0, 0.1) is 0 Å². The Bertz CT molecular complexity index is 503. The van der Waals surface area contributed by atoms with Crippen molar-refractivity contribution in [2.75, 3.05) is 19.8 Å². The fourth-order valence-corrected chi connectivity index (χ4v) is 2.68. The molecule has 134 valence electrons. The first-order valence-corrected chi connectivity index (χ1v) is 8.61. The summed E-state index contributed by atoms with van der Waals surface area (Å²) in [6.45, 7) is 8.64. The van der Waals surface area contributed by atoms with E-state index in [-0.39, 0.29) is 30.6 Å². The largest absolute Gasteiger partial charge is 0.466 e. The van der Waals surface area contributed by atoms with E-state index in [1.807, 2.05) is 37.3 Å². The number of carbonyl (C=O) groups is 2. The molecule has 0 N–H and O–H groups in total. The third-order valence-corrected chi connectivity index (χ3v) is 4.03. The topological polar surface area (TPSA) is 55.8 Å². The maximum absolute atomic E-state index is 12.0. The van der Waals surface area contributed by atoms with Crippen LogP contribution in [0.2, 0.25) is 0 Å². The molecule has 5 heteroatoms. The van der Waals surface area contributed by atoms with E-state index < -0.39 is 0 Å². The van der Waals surface area contributed by atoms with Crippen LogP contribution in [0.5, 0.6) is 0 Å². The van der Waals surface area contributed by atoms with Gasteiger partial charge in [-0.3, -0.25) is 14.5 Å². The predicted molar refractivity (Wildman–Crippen MR) is 93.5 cm³/mol. The molecular weight excluding hydrogens is 306 g/mol. The lowest BCUT2D eigenvalue weighted by atomic mass is 10.0. The molecule has 0 aliphatic rings. The van der Waals surface area contributed by atoms with Crippen LogP contribution < -0.4 is 0 Å². The van der Waals surface area contributed by atoms with Crippen molar-refractivity contribution < 1.29 is 19.1 Å². The highest BCUT2D eigenvalue weighted by atomic mass is 16.5. The second-order valence-corrected chi connectivity index (χ2v) is 5.76. The second kappa shape index (κ2) is 10.8.